The highest BCUT2D eigenvalue weighted by Crippen LogP contribution is 2.47. The molecule has 0 saturated heterocycles. The third kappa shape index (κ3) is 4.34. The fourth-order valence-electron chi connectivity index (χ4n) is 3.35. The number of anilines is 1. The number of hydrogen-bond acceptors (Lipinski definition) is 7. The van der Waals surface area contributed by atoms with Gasteiger partial charge in [-0.15, -0.1) is 10.2 Å². The Hall–Kier alpha value is -2.69. The molecule has 0 radical (unpaired) electrons. The van der Waals surface area contributed by atoms with Crippen molar-refractivity contribution in [2.75, 3.05) is 19.5 Å². The van der Waals surface area contributed by atoms with Crippen molar-refractivity contribution in [1.82, 2.24) is 19.7 Å². The first-order chi connectivity index (χ1) is 14.1. The first-order valence-electron chi connectivity index (χ1n) is 9.20. The lowest BCUT2D eigenvalue weighted by Gasteiger charge is -2.11. The highest BCUT2D eigenvalue weighted by molar-refractivity contribution is 14.1. The van der Waals surface area contributed by atoms with Gasteiger partial charge in [0.25, 0.3) is 0 Å². The molecule has 150 valence electrons. The monoisotopic (exact) mass is 505 g/mol. The fraction of sp³-hybridized carbons (Fsp3) is 0.300. The number of hydrogen-bond donors (Lipinski definition) is 1. The second kappa shape index (κ2) is 8.36. The lowest BCUT2D eigenvalue weighted by Crippen LogP contribution is -2.08. The Balaban J connectivity index is 1.38. The number of methoxy groups -OCH3 is 1. The largest absolute Gasteiger partial charge is 0.493 e. The Morgan fingerprint density at radius 3 is 3.00 bits per heavy atom. The van der Waals surface area contributed by atoms with Crippen LogP contribution in [0.3, 0.4) is 0 Å². The molecule has 0 aliphatic heterocycles. The van der Waals surface area contributed by atoms with Gasteiger partial charge in [0.15, 0.2) is 5.82 Å². The molecule has 9 heteroatoms. The zero-order valence-electron chi connectivity index (χ0n) is 15.8. The van der Waals surface area contributed by atoms with Crippen LogP contribution in [0.5, 0.6) is 5.75 Å². The number of nitrogen functional groups attached to an aromatic ring is 1. The van der Waals surface area contributed by atoms with E-state index < -0.39 is 5.97 Å². The Morgan fingerprint density at radius 1 is 1.34 bits per heavy atom. The van der Waals surface area contributed by atoms with Crippen molar-refractivity contribution in [2.45, 2.75) is 18.9 Å². The van der Waals surface area contributed by atoms with E-state index >= 15 is 0 Å². The van der Waals surface area contributed by atoms with E-state index in [4.69, 9.17) is 15.2 Å². The number of ether oxygens (including phenoxy) is 2. The minimum atomic E-state index is -0.397. The quantitative estimate of drug-likeness (QED) is 0.388. The van der Waals surface area contributed by atoms with Gasteiger partial charge in [0, 0.05) is 9.61 Å². The van der Waals surface area contributed by atoms with Gasteiger partial charge in [-0.25, -0.2) is 9.78 Å². The van der Waals surface area contributed by atoms with Crippen molar-refractivity contribution in [3.63, 3.8) is 0 Å². The molecule has 2 N–H and O–H groups in total. The van der Waals surface area contributed by atoms with E-state index in [1.54, 1.807) is 18.5 Å². The molecule has 4 rings (SSSR count). The van der Waals surface area contributed by atoms with E-state index in [9.17, 15) is 4.79 Å². The summed E-state index contributed by atoms with van der Waals surface area (Å²) in [5, 5.41) is 8.26. The fourth-order valence-corrected chi connectivity index (χ4v) is 3.84. The molecular weight excluding hydrogens is 485 g/mol. The summed E-state index contributed by atoms with van der Waals surface area (Å²) in [6.07, 6.45) is 3.62. The average molecular weight is 505 g/mol. The van der Waals surface area contributed by atoms with E-state index in [1.165, 1.54) is 7.11 Å². The molecule has 1 aliphatic carbocycles. The second-order valence-corrected chi connectivity index (χ2v) is 8.09. The van der Waals surface area contributed by atoms with Crippen molar-refractivity contribution < 1.29 is 14.3 Å². The third-order valence-corrected chi connectivity index (χ3v) is 5.58. The maximum absolute atomic E-state index is 12.0. The molecule has 0 amide bonds. The van der Waals surface area contributed by atoms with E-state index in [-0.39, 0.29) is 0 Å². The number of benzene rings is 1. The van der Waals surface area contributed by atoms with E-state index in [1.807, 2.05) is 24.3 Å². The van der Waals surface area contributed by atoms with Crippen molar-refractivity contribution in [3.05, 3.63) is 51.9 Å². The minimum absolute atomic E-state index is 0.309. The summed E-state index contributed by atoms with van der Waals surface area (Å²) in [4.78, 5) is 16.3. The number of halogens is 1. The molecule has 29 heavy (non-hydrogen) atoms. The smallest absolute Gasteiger partial charge is 0.341 e. The molecule has 1 fully saturated rings. The van der Waals surface area contributed by atoms with Gasteiger partial charge < -0.3 is 19.8 Å². The van der Waals surface area contributed by atoms with Crippen LogP contribution in [0.15, 0.2) is 42.7 Å². The number of rotatable bonds is 7. The van der Waals surface area contributed by atoms with Crippen LogP contribution in [-0.2, 0) is 4.74 Å². The molecule has 2 atom stereocenters. The molecule has 2 aromatic heterocycles. The molecule has 1 aliphatic rings. The Bertz CT molecular complexity index is 1040. The summed E-state index contributed by atoms with van der Waals surface area (Å²) < 4.78 is 13.7. The van der Waals surface area contributed by atoms with Crippen LogP contribution in [-0.4, -0.2) is 39.4 Å². The average Bonchev–Trinajstić information content (AvgIpc) is 3.31. The van der Waals surface area contributed by atoms with Crippen LogP contribution < -0.4 is 10.5 Å². The topological polar surface area (TPSA) is 105 Å². The lowest BCUT2D eigenvalue weighted by atomic mass is 10.2. The number of nitrogens with two attached hydrogens (primary N) is 1. The normalized spacial score (nSPS) is 17.7. The Kier molecular flexibility index (Phi) is 5.65. The predicted molar refractivity (Wildman–Crippen MR) is 115 cm³/mol. The van der Waals surface area contributed by atoms with Crippen LogP contribution in [0.4, 0.5) is 5.82 Å². The van der Waals surface area contributed by atoms with Crippen LogP contribution in [0.25, 0.3) is 11.5 Å². The SMILES string of the molecule is COC(=O)c1cc(I)ccc1OCCC1CC1n1cnnc1-c1cccc(N)n1. The van der Waals surface area contributed by atoms with Crippen LogP contribution in [0.2, 0.25) is 0 Å². The van der Waals surface area contributed by atoms with Gasteiger partial charge in [0.2, 0.25) is 0 Å². The molecule has 2 unspecified atom stereocenters. The number of carbonyl (C=O) groups is 1. The molecule has 2 heterocycles. The zero-order valence-corrected chi connectivity index (χ0v) is 17.9. The highest BCUT2D eigenvalue weighted by atomic mass is 127. The van der Waals surface area contributed by atoms with Gasteiger partial charge in [0.05, 0.1) is 13.7 Å². The van der Waals surface area contributed by atoms with Crippen molar-refractivity contribution in [2.24, 2.45) is 5.92 Å². The van der Waals surface area contributed by atoms with Gasteiger partial charge in [-0.05, 0) is 71.7 Å². The number of aromatic nitrogens is 4. The van der Waals surface area contributed by atoms with Gasteiger partial charge in [-0.2, -0.15) is 0 Å². The Morgan fingerprint density at radius 2 is 2.21 bits per heavy atom. The summed E-state index contributed by atoms with van der Waals surface area (Å²) in [5.74, 6) is 1.78. The highest BCUT2D eigenvalue weighted by Gasteiger charge is 2.40. The first kappa shape index (κ1) is 19.6. The number of pyridine rings is 1. The zero-order chi connectivity index (χ0) is 20.4. The number of nitrogens with zero attached hydrogens (tertiary/aromatic N) is 4. The van der Waals surface area contributed by atoms with Crippen molar-refractivity contribution in [1.29, 1.82) is 0 Å². The van der Waals surface area contributed by atoms with E-state index in [0.717, 1.165) is 22.2 Å². The number of carbonyl (C=O) groups excluding carboxylic acids is 1. The lowest BCUT2D eigenvalue weighted by molar-refractivity contribution is 0.0595. The van der Waals surface area contributed by atoms with Crippen molar-refractivity contribution in [3.8, 4) is 17.3 Å². The van der Waals surface area contributed by atoms with Gasteiger partial charge in [0.1, 0.15) is 29.2 Å². The van der Waals surface area contributed by atoms with Crippen LogP contribution in [0.1, 0.15) is 29.2 Å². The predicted octanol–water partition coefficient (Wildman–Crippen LogP) is 3.34. The van der Waals surface area contributed by atoms with Gasteiger partial charge in [-0.1, -0.05) is 6.07 Å². The summed E-state index contributed by atoms with van der Waals surface area (Å²) in [5.41, 5.74) is 6.95. The van der Waals surface area contributed by atoms with Crippen LogP contribution in [0, 0.1) is 9.49 Å². The first-order valence-corrected chi connectivity index (χ1v) is 10.3. The summed E-state index contributed by atoms with van der Waals surface area (Å²) in [7, 11) is 1.37. The second-order valence-electron chi connectivity index (χ2n) is 6.84. The van der Waals surface area contributed by atoms with Gasteiger partial charge in [-0.3, -0.25) is 0 Å². The Labute approximate surface area is 181 Å². The third-order valence-electron chi connectivity index (χ3n) is 4.91. The summed E-state index contributed by atoms with van der Waals surface area (Å²) >= 11 is 2.16. The minimum Gasteiger partial charge on any atom is -0.493 e. The molecule has 3 aromatic rings. The van der Waals surface area contributed by atoms with Crippen molar-refractivity contribution >= 4 is 34.4 Å². The molecule has 0 spiro atoms. The van der Waals surface area contributed by atoms with E-state index in [0.29, 0.717) is 41.4 Å². The molecule has 1 aromatic carbocycles. The summed E-state index contributed by atoms with van der Waals surface area (Å²) in [6.45, 7) is 0.514. The molecule has 1 saturated carbocycles. The van der Waals surface area contributed by atoms with E-state index in [2.05, 4.69) is 42.3 Å². The molecule has 8 nitrogen and oxygen atoms in total. The standard InChI is InChI=1S/C20H20IN5O3/c1-28-20(27)14-10-13(21)5-6-17(14)29-8-7-12-9-16(12)26-11-23-25-19(26)15-3-2-4-18(22)24-15/h2-6,10-12,16H,7-9H2,1H3,(H2,22,24). The van der Waals surface area contributed by atoms with Gasteiger partial charge >= 0.3 is 5.97 Å². The molecular formula is C20H20IN5O3. The maximum Gasteiger partial charge on any atom is 0.341 e. The number of esters is 1. The molecule has 0 bridgehead atoms. The summed E-state index contributed by atoms with van der Waals surface area (Å²) in [6, 6.07) is 11.3. The van der Waals surface area contributed by atoms with Crippen LogP contribution >= 0.6 is 22.6 Å². The maximum atomic E-state index is 12.0.